The summed E-state index contributed by atoms with van der Waals surface area (Å²) in [5.74, 6) is 1.28. The van der Waals surface area contributed by atoms with Crippen LogP contribution in [0.1, 0.15) is 25.0 Å². The lowest BCUT2D eigenvalue weighted by molar-refractivity contribution is -0.0998. The van der Waals surface area contributed by atoms with Crippen LogP contribution in [0, 0.1) is 18.8 Å². The highest BCUT2D eigenvalue weighted by atomic mass is 16.5. The van der Waals surface area contributed by atoms with E-state index in [2.05, 4.69) is 50.4 Å². The van der Waals surface area contributed by atoms with E-state index in [1.165, 1.54) is 11.1 Å². The van der Waals surface area contributed by atoms with Crippen LogP contribution in [0.2, 0.25) is 0 Å². The molecule has 0 aliphatic carbocycles. The lowest BCUT2D eigenvalue weighted by atomic mass is 9.63. The molecular formula is C16H25NO. The summed E-state index contributed by atoms with van der Waals surface area (Å²) < 4.78 is 5.60. The molecule has 0 spiro atoms. The van der Waals surface area contributed by atoms with Crippen molar-refractivity contribution < 1.29 is 4.74 Å². The first-order valence-electron chi connectivity index (χ1n) is 6.90. The maximum absolute atomic E-state index is 5.60. The summed E-state index contributed by atoms with van der Waals surface area (Å²) in [5.41, 5.74) is 3.08. The fourth-order valence-corrected chi connectivity index (χ4v) is 3.31. The van der Waals surface area contributed by atoms with Gasteiger partial charge in [-0.05, 0) is 43.5 Å². The lowest BCUT2D eigenvalue weighted by Gasteiger charge is -2.50. The summed E-state index contributed by atoms with van der Waals surface area (Å²) in [5, 5.41) is 3.36. The van der Waals surface area contributed by atoms with Crippen LogP contribution in [-0.2, 0) is 10.2 Å². The van der Waals surface area contributed by atoms with Crippen LogP contribution >= 0.6 is 0 Å². The molecule has 1 aliphatic heterocycles. The molecule has 1 atom stereocenters. The van der Waals surface area contributed by atoms with Gasteiger partial charge in [0.25, 0.3) is 0 Å². The molecule has 1 saturated heterocycles. The molecule has 1 unspecified atom stereocenters. The molecule has 1 heterocycles. The summed E-state index contributed by atoms with van der Waals surface area (Å²) in [4.78, 5) is 0. The predicted octanol–water partition coefficient (Wildman–Crippen LogP) is 2.75. The molecule has 0 aromatic heterocycles. The molecule has 0 bridgehead atoms. The molecule has 1 aromatic carbocycles. The Kier molecular flexibility index (Phi) is 4.08. The van der Waals surface area contributed by atoms with Crippen molar-refractivity contribution in [1.29, 1.82) is 0 Å². The van der Waals surface area contributed by atoms with Crippen LogP contribution in [0.25, 0.3) is 0 Å². The Morgan fingerprint density at radius 3 is 2.39 bits per heavy atom. The van der Waals surface area contributed by atoms with Crippen LogP contribution in [0.4, 0.5) is 0 Å². The number of ether oxygens (including phenoxy) is 1. The molecule has 1 fully saturated rings. The van der Waals surface area contributed by atoms with Gasteiger partial charge in [0.2, 0.25) is 0 Å². The fourth-order valence-electron chi connectivity index (χ4n) is 3.31. The summed E-state index contributed by atoms with van der Waals surface area (Å²) in [7, 11) is 2.04. The van der Waals surface area contributed by atoms with Crippen molar-refractivity contribution in [3.63, 3.8) is 0 Å². The zero-order valence-corrected chi connectivity index (χ0v) is 12.0. The van der Waals surface area contributed by atoms with Gasteiger partial charge in [0.15, 0.2) is 0 Å². The summed E-state index contributed by atoms with van der Waals surface area (Å²) in [6, 6.07) is 8.77. The predicted molar refractivity (Wildman–Crippen MR) is 75.9 cm³/mol. The zero-order chi connectivity index (χ0) is 13.2. The summed E-state index contributed by atoms with van der Waals surface area (Å²) >= 11 is 0. The zero-order valence-electron chi connectivity index (χ0n) is 12.0. The maximum Gasteiger partial charge on any atom is 0.0589 e. The van der Waals surface area contributed by atoms with Crippen molar-refractivity contribution in [2.75, 3.05) is 26.8 Å². The first-order valence-corrected chi connectivity index (χ1v) is 6.90. The monoisotopic (exact) mass is 247 g/mol. The van der Waals surface area contributed by atoms with Crippen LogP contribution in [0.15, 0.2) is 24.3 Å². The van der Waals surface area contributed by atoms with Crippen LogP contribution < -0.4 is 5.32 Å². The number of rotatable bonds is 5. The van der Waals surface area contributed by atoms with E-state index in [4.69, 9.17) is 4.74 Å². The number of hydrogen-bond acceptors (Lipinski definition) is 2. The average molecular weight is 247 g/mol. The van der Waals surface area contributed by atoms with Crippen LogP contribution in [-0.4, -0.2) is 26.8 Å². The number of nitrogens with one attached hydrogen (secondary N) is 1. The van der Waals surface area contributed by atoms with E-state index in [9.17, 15) is 0 Å². The first-order chi connectivity index (χ1) is 8.62. The van der Waals surface area contributed by atoms with Gasteiger partial charge < -0.3 is 10.1 Å². The van der Waals surface area contributed by atoms with Crippen molar-refractivity contribution in [2.24, 2.45) is 11.8 Å². The quantitative estimate of drug-likeness (QED) is 0.864. The van der Waals surface area contributed by atoms with E-state index in [0.29, 0.717) is 11.8 Å². The molecule has 2 nitrogen and oxygen atoms in total. The Hall–Kier alpha value is -0.860. The molecule has 1 aromatic rings. The Labute approximate surface area is 111 Å². The SMILES string of the molecule is CNCC(C(C)C)C1(c2ccccc2C)COC1. The molecule has 2 rings (SSSR count). The molecular weight excluding hydrogens is 222 g/mol. The Morgan fingerprint density at radius 1 is 1.28 bits per heavy atom. The molecule has 0 radical (unpaired) electrons. The minimum Gasteiger partial charge on any atom is -0.379 e. The van der Waals surface area contributed by atoms with E-state index in [0.717, 1.165) is 19.8 Å². The van der Waals surface area contributed by atoms with Crippen molar-refractivity contribution in [3.05, 3.63) is 35.4 Å². The summed E-state index contributed by atoms with van der Waals surface area (Å²) in [6.07, 6.45) is 0. The smallest absolute Gasteiger partial charge is 0.0589 e. The second-order valence-electron chi connectivity index (χ2n) is 5.87. The standard InChI is InChI=1S/C16H25NO/c1-12(2)15(9-17-4)16(10-18-11-16)14-8-6-5-7-13(14)3/h5-8,12,15,17H,9-11H2,1-4H3. The van der Waals surface area contributed by atoms with Crippen molar-refractivity contribution >= 4 is 0 Å². The van der Waals surface area contributed by atoms with Crippen LogP contribution in [0.3, 0.4) is 0 Å². The highest BCUT2D eigenvalue weighted by molar-refractivity contribution is 5.36. The average Bonchev–Trinajstić information content (AvgIpc) is 2.28. The van der Waals surface area contributed by atoms with E-state index >= 15 is 0 Å². The topological polar surface area (TPSA) is 21.3 Å². The molecule has 18 heavy (non-hydrogen) atoms. The van der Waals surface area contributed by atoms with E-state index < -0.39 is 0 Å². The second kappa shape index (κ2) is 5.41. The van der Waals surface area contributed by atoms with Gasteiger partial charge in [-0.3, -0.25) is 0 Å². The van der Waals surface area contributed by atoms with E-state index in [1.54, 1.807) is 0 Å². The third-order valence-electron chi connectivity index (χ3n) is 4.34. The van der Waals surface area contributed by atoms with Gasteiger partial charge >= 0.3 is 0 Å². The number of benzene rings is 1. The van der Waals surface area contributed by atoms with Gasteiger partial charge in [-0.25, -0.2) is 0 Å². The van der Waals surface area contributed by atoms with Crippen molar-refractivity contribution in [2.45, 2.75) is 26.2 Å². The largest absolute Gasteiger partial charge is 0.379 e. The summed E-state index contributed by atoms with van der Waals surface area (Å²) in [6.45, 7) is 9.63. The minimum absolute atomic E-state index is 0.211. The van der Waals surface area contributed by atoms with Gasteiger partial charge in [-0.1, -0.05) is 38.1 Å². The molecule has 2 heteroatoms. The van der Waals surface area contributed by atoms with Crippen LogP contribution in [0.5, 0.6) is 0 Å². The lowest BCUT2D eigenvalue weighted by Crippen LogP contribution is -2.56. The van der Waals surface area contributed by atoms with E-state index in [-0.39, 0.29) is 5.41 Å². The van der Waals surface area contributed by atoms with Gasteiger partial charge in [-0.15, -0.1) is 0 Å². The highest BCUT2D eigenvalue weighted by Crippen LogP contribution is 2.43. The van der Waals surface area contributed by atoms with Gasteiger partial charge in [-0.2, -0.15) is 0 Å². The number of hydrogen-bond donors (Lipinski definition) is 1. The molecule has 100 valence electrons. The fraction of sp³-hybridized carbons (Fsp3) is 0.625. The minimum atomic E-state index is 0.211. The molecule has 1 N–H and O–H groups in total. The normalized spacial score (nSPS) is 19.6. The van der Waals surface area contributed by atoms with Gasteiger partial charge in [0.05, 0.1) is 13.2 Å². The van der Waals surface area contributed by atoms with E-state index in [1.807, 2.05) is 7.05 Å². The highest BCUT2D eigenvalue weighted by Gasteiger charge is 2.48. The third kappa shape index (κ3) is 2.19. The Balaban J connectivity index is 2.38. The molecule has 1 aliphatic rings. The second-order valence-corrected chi connectivity index (χ2v) is 5.87. The van der Waals surface area contributed by atoms with Crippen molar-refractivity contribution in [3.8, 4) is 0 Å². The maximum atomic E-state index is 5.60. The molecule has 0 saturated carbocycles. The Morgan fingerprint density at radius 2 is 1.94 bits per heavy atom. The van der Waals surface area contributed by atoms with Gasteiger partial charge in [0, 0.05) is 5.41 Å². The van der Waals surface area contributed by atoms with Crippen molar-refractivity contribution in [1.82, 2.24) is 5.32 Å². The van der Waals surface area contributed by atoms with Gasteiger partial charge in [0.1, 0.15) is 0 Å². The molecule has 0 amide bonds. The first kappa shape index (κ1) is 13.6. The third-order valence-corrected chi connectivity index (χ3v) is 4.34. The Bertz CT molecular complexity index is 396. The number of aryl methyl sites for hydroxylation is 1.